The average Bonchev–Trinajstić information content (AvgIpc) is 2.86. The first-order chi connectivity index (χ1) is 13.0. The van der Waals surface area contributed by atoms with Crippen LogP contribution in [0.2, 0.25) is 0 Å². The Kier molecular flexibility index (Phi) is 8.34. The van der Waals surface area contributed by atoms with Gasteiger partial charge in [0.15, 0.2) is 6.23 Å². The highest BCUT2D eigenvalue weighted by Gasteiger charge is 2.45. The fourth-order valence-corrected chi connectivity index (χ4v) is 3.88. The molecule has 6 atom stereocenters. The summed E-state index contributed by atoms with van der Waals surface area (Å²) < 4.78 is 33.9. The molecule has 1 fully saturated rings. The summed E-state index contributed by atoms with van der Waals surface area (Å²) >= 11 is 0. The van der Waals surface area contributed by atoms with E-state index in [2.05, 4.69) is 18.2 Å². The number of ether oxygens (including phenoxy) is 1. The van der Waals surface area contributed by atoms with E-state index in [1.54, 1.807) is 0 Å². The molecule has 1 aliphatic rings. The molecular weight excluding hydrogens is 453 g/mol. The zero-order valence-corrected chi connectivity index (χ0v) is 16.1. The molecule has 28 heavy (non-hydrogen) atoms. The van der Waals surface area contributed by atoms with Crippen molar-refractivity contribution in [1.82, 2.24) is 9.55 Å². The Bertz CT molecular complexity index is 814. The van der Waals surface area contributed by atoms with Gasteiger partial charge >= 0.3 is 30.7 Å². The van der Waals surface area contributed by atoms with Gasteiger partial charge in [0.05, 0.1) is 6.61 Å². The molecule has 0 aliphatic carbocycles. The van der Waals surface area contributed by atoms with Crippen molar-refractivity contribution in [3.8, 4) is 0 Å². The third-order valence-electron chi connectivity index (χ3n) is 3.20. The number of aliphatic hydroxyl groups excluding tert-OH is 2. The second-order valence-corrected chi connectivity index (χ2v) is 8.18. The highest BCUT2D eigenvalue weighted by atomic mass is 31.3. The predicted molar refractivity (Wildman–Crippen MR) is 86.8 cm³/mol. The summed E-state index contributed by atoms with van der Waals surface area (Å²) in [6, 6.07) is 0.972. The van der Waals surface area contributed by atoms with E-state index in [9.17, 15) is 29.3 Å². The molecule has 1 aromatic heterocycles. The predicted octanol–water partition coefficient (Wildman–Crippen LogP) is -2.33. The van der Waals surface area contributed by atoms with Crippen molar-refractivity contribution >= 4 is 25.0 Å². The standard InChI is InChI=1S/C9H15N2O14P3/c12-5-1-2-11(9(15)10-5)8-7(14)6(13)4(22-8)3-21-28(19,20)25-27(18)24-23-26(16)17/h1-2,4,6-8,13-14,16-18H,3H2,(H,19,20)(H,10,12,15). The fourth-order valence-electron chi connectivity index (χ4n) is 2.08. The van der Waals surface area contributed by atoms with Crippen LogP contribution >= 0.6 is 25.0 Å². The molecule has 0 bridgehead atoms. The smallest absolute Gasteiger partial charge is 0.387 e. The van der Waals surface area contributed by atoms with Gasteiger partial charge in [-0.15, -0.1) is 9.35 Å². The first-order valence-corrected chi connectivity index (χ1v) is 10.8. The molecule has 16 nitrogen and oxygen atoms in total. The van der Waals surface area contributed by atoms with Crippen molar-refractivity contribution in [2.45, 2.75) is 24.5 Å². The second kappa shape index (κ2) is 9.89. The monoisotopic (exact) mass is 468 g/mol. The molecule has 0 spiro atoms. The van der Waals surface area contributed by atoms with E-state index in [4.69, 9.17) is 19.4 Å². The van der Waals surface area contributed by atoms with Crippen LogP contribution in [0.15, 0.2) is 21.9 Å². The van der Waals surface area contributed by atoms with Crippen LogP contribution in [-0.4, -0.2) is 64.3 Å². The molecule has 0 amide bonds. The number of hydrogen-bond acceptors (Lipinski definition) is 13. The van der Waals surface area contributed by atoms with Crippen LogP contribution in [0.25, 0.3) is 0 Å². The lowest BCUT2D eigenvalue weighted by molar-refractivity contribution is -0.118. The number of phosphoric acid groups is 1. The zero-order valence-electron chi connectivity index (χ0n) is 13.4. The number of hydrogen-bond donors (Lipinski definition) is 7. The van der Waals surface area contributed by atoms with Gasteiger partial charge in [0.1, 0.15) is 18.3 Å². The number of aromatic amines is 1. The third kappa shape index (κ3) is 6.42. The van der Waals surface area contributed by atoms with E-state index in [0.717, 1.165) is 16.8 Å². The summed E-state index contributed by atoms with van der Waals surface area (Å²) in [4.78, 5) is 60.1. The van der Waals surface area contributed by atoms with Gasteiger partial charge in [-0.25, -0.2) is 13.7 Å². The van der Waals surface area contributed by atoms with Gasteiger partial charge in [-0.3, -0.25) is 18.9 Å². The van der Waals surface area contributed by atoms with Crippen molar-refractivity contribution in [1.29, 1.82) is 0 Å². The molecule has 1 aliphatic heterocycles. The maximum Gasteiger partial charge on any atom is 0.479 e. The Hall–Kier alpha value is -0.670. The number of phosphoric ester groups is 1. The zero-order chi connectivity index (χ0) is 21.1. The lowest BCUT2D eigenvalue weighted by Gasteiger charge is -2.18. The molecule has 1 saturated heterocycles. The number of aromatic nitrogens is 2. The Labute approximate surface area is 157 Å². The van der Waals surface area contributed by atoms with E-state index in [1.165, 1.54) is 0 Å². The quantitative estimate of drug-likeness (QED) is 0.114. The van der Waals surface area contributed by atoms with Crippen molar-refractivity contribution in [2.24, 2.45) is 0 Å². The van der Waals surface area contributed by atoms with Crippen LogP contribution in [0.5, 0.6) is 0 Å². The lowest BCUT2D eigenvalue weighted by Crippen LogP contribution is -2.37. The normalized spacial score (nSPS) is 28.4. The van der Waals surface area contributed by atoms with E-state index in [0.29, 0.717) is 0 Å². The van der Waals surface area contributed by atoms with E-state index in [-0.39, 0.29) is 0 Å². The minimum atomic E-state index is -4.99. The maximum atomic E-state index is 11.7. The molecule has 0 radical (unpaired) electrons. The summed E-state index contributed by atoms with van der Waals surface area (Å²) in [5.74, 6) is 0. The summed E-state index contributed by atoms with van der Waals surface area (Å²) in [7, 11) is -11.2. The maximum absolute atomic E-state index is 11.7. The van der Waals surface area contributed by atoms with Crippen molar-refractivity contribution < 1.29 is 57.3 Å². The molecule has 2 heterocycles. The SMILES string of the molecule is O=c1ccn(C2OC(COP(=O)(O)OP(O)OOP(O)O)C(O)C2O)c(=O)[nH]1. The van der Waals surface area contributed by atoms with Crippen molar-refractivity contribution in [2.75, 3.05) is 6.61 Å². The summed E-state index contributed by atoms with van der Waals surface area (Å²) in [5.41, 5.74) is -1.63. The molecule has 0 aromatic carbocycles. The number of rotatable bonds is 9. The van der Waals surface area contributed by atoms with E-state index in [1.807, 2.05) is 4.98 Å². The van der Waals surface area contributed by atoms with Crippen LogP contribution < -0.4 is 11.2 Å². The van der Waals surface area contributed by atoms with Gasteiger partial charge in [-0.05, 0) is 0 Å². The van der Waals surface area contributed by atoms with Gasteiger partial charge < -0.3 is 34.5 Å². The van der Waals surface area contributed by atoms with Gasteiger partial charge in [-0.2, -0.15) is 0 Å². The lowest BCUT2D eigenvalue weighted by atomic mass is 10.1. The minimum absolute atomic E-state index is 0.700. The van der Waals surface area contributed by atoms with E-state index < -0.39 is 67.4 Å². The number of aliphatic hydroxyl groups is 2. The van der Waals surface area contributed by atoms with Gasteiger partial charge in [0.25, 0.3) is 5.56 Å². The number of nitrogens with one attached hydrogen (secondary N) is 1. The number of H-pyrrole nitrogens is 1. The first kappa shape index (κ1) is 23.6. The van der Waals surface area contributed by atoms with E-state index >= 15 is 0 Å². The molecule has 6 unspecified atom stereocenters. The Morgan fingerprint density at radius 3 is 2.50 bits per heavy atom. The molecule has 7 N–H and O–H groups in total. The molecular formula is C9H15N2O14P3. The molecule has 1 aromatic rings. The van der Waals surface area contributed by atoms with Gasteiger partial charge in [0.2, 0.25) is 0 Å². The highest BCUT2D eigenvalue weighted by Crippen LogP contribution is 2.56. The van der Waals surface area contributed by atoms with Gasteiger partial charge in [0, 0.05) is 12.3 Å². The fraction of sp³-hybridized carbons (Fsp3) is 0.556. The average molecular weight is 468 g/mol. The summed E-state index contributed by atoms with van der Waals surface area (Å²) in [5, 5.41) is 20.0. The summed E-state index contributed by atoms with van der Waals surface area (Å²) in [6.07, 6.45) is -5.15. The summed E-state index contributed by atoms with van der Waals surface area (Å²) in [6.45, 7) is -0.836. The molecule has 160 valence electrons. The van der Waals surface area contributed by atoms with Crippen LogP contribution in [0.4, 0.5) is 0 Å². The van der Waals surface area contributed by atoms with Crippen LogP contribution in [0, 0.1) is 0 Å². The van der Waals surface area contributed by atoms with Crippen molar-refractivity contribution in [3.63, 3.8) is 0 Å². The minimum Gasteiger partial charge on any atom is -0.387 e. The van der Waals surface area contributed by atoms with Gasteiger partial charge in [-0.1, -0.05) is 0 Å². The molecule has 0 saturated carbocycles. The third-order valence-corrected chi connectivity index (χ3v) is 5.59. The second-order valence-electron chi connectivity index (χ2n) is 5.05. The molecule has 2 rings (SSSR count). The Balaban J connectivity index is 1.96. The topological polar surface area (TPSA) is 239 Å². The molecule has 19 heteroatoms. The largest absolute Gasteiger partial charge is 0.479 e. The Morgan fingerprint density at radius 2 is 1.89 bits per heavy atom. The number of nitrogens with zero attached hydrogens (tertiary/aromatic N) is 1. The van der Waals surface area contributed by atoms with Crippen LogP contribution in [0.3, 0.4) is 0 Å². The first-order valence-electron chi connectivity index (χ1n) is 7.02. The highest BCUT2D eigenvalue weighted by molar-refractivity contribution is 7.58. The Morgan fingerprint density at radius 1 is 1.21 bits per heavy atom. The van der Waals surface area contributed by atoms with Crippen LogP contribution in [0.1, 0.15) is 6.23 Å². The van der Waals surface area contributed by atoms with Crippen molar-refractivity contribution in [3.05, 3.63) is 33.1 Å². The van der Waals surface area contributed by atoms with Crippen LogP contribution in [-0.2, 0) is 27.5 Å².